The predicted octanol–water partition coefficient (Wildman–Crippen LogP) is 4.18. The van der Waals surface area contributed by atoms with Crippen LogP contribution in [0.5, 0.6) is 0 Å². The molecule has 0 N–H and O–H groups in total. The first-order valence-electron chi connectivity index (χ1n) is 8.68. The van der Waals surface area contributed by atoms with E-state index >= 15 is 0 Å². The van der Waals surface area contributed by atoms with Gasteiger partial charge < -0.3 is 14.5 Å². The molecule has 0 radical (unpaired) electrons. The maximum absolute atomic E-state index is 12.8. The fourth-order valence-corrected chi connectivity index (χ4v) is 2.93. The van der Waals surface area contributed by atoms with Crippen LogP contribution in [0, 0.1) is 5.92 Å². The Morgan fingerprint density at radius 2 is 1.92 bits per heavy atom. The number of likely N-dealkylation sites (tertiary alicyclic amines) is 1. The van der Waals surface area contributed by atoms with Crippen LogP contribution in [0.15, 0.2) is 18.3 Å². The number of halogens is 3. The summed E-state index contributed by atoms with van der Waals surface area (Å²) in [4.78, 5) is 19.0. The van der Waals surface area contributed by atoms with Crippen molar-refractivity contribution in [1.29, 1.82) is 0 Å². The number of amides is 1. The van der Waals surface area contributed by atoms with E-state index in [-0.39, 0.29) is 6.09 Å². The minimum atomic E-state index is -4.45. The second-order valence-corrected chi connectivity index (χ2v) is 7.69. The number of ether oxygens (including phenoxy) is 1. The van der Waals surface area contributed by atoms with E-state index in [9.17, 15) is 18.0 Å². The second-order valence-electron chi connectivity index (χ2n) is 7.69. The van der Waals surface area contributed by atoms with Crippen LogP contribution in [0.25, 0.3) is 0 Å². The average molecular weight is 373 g/mol. The summed E-state index contributed by atoms with van der Waals surface area (Å²) in [6, 6.07) is 2.64. The quantitative estimate of drug-likeness (QED) is 0.797. The van der Waals surface area contributed by atoms with Crippen molar-refractivity contribution in [2.45, 2.75) is 45.4 Å². The fraction of sp³-hybridized carbons (Fsp3) is 0.667. The number of anilines is 1. The number of nitrogens with zero attached hydrogens (tertiary/aromatic N) is 3. The highest BCUT2D eigenvalue weighted by Gasteiger charge is 2.33. The Kier molecular flexibility index (Phi) is 6.03. The fourth-order valence-electron chi connectivity index (χ4n) is 2.93. The third kappa shape index (κ3) is 5.78. The first-order chi connectivity index (χ1) is 12.0. The SMILES string of the molecule is CN(CC1CCN(C(=O)OC(C)(C)C)CC1)c1ccnc(C(F)(F)F)c1. The molecule has 1 aliphatic heterocycles. The molecule has 5 nitrogen and oxygen atoms in total. The lowest BCUT2D eigenvalue weighted by molar-refractivity contribution is -0.141. The molecule has 26 heavy (non-hydrogen) atoms. The van der Waals surface area contributed by atoms with Gasteiger partial charge in [0.1, 0.15) is 11.3 Å². The molecule has 0 atom stereocenters. The van der Waals surface area contributed by atoms with E-state index in [1.807, 2.05) is 25.7 Å². The van der Waals surface area contributed by atoms with Crippen LogP contribution >= 0.6 is 0 Å². The Balaban J connectivity index is 1.88. The molecule has 1 amide bonds. The summed E-state index contributed by atoms with van der Waals surface area (Å²) in [5, 5.41) is 0. The van der Waals surface area contributed by atoms with Crippen LogP contribution in [0.1, 0.15) is 39.3 Å². The molecule has 0 aliphatic carbocycles. The van der Waals surface area contributed by atoms with E-state index < -0.39 is 17.5 Å². The van der Waals surface area contributed by atoms with Crippen molar-refractivity contribution in [3.63, 3.8) is 0 Å². The third-order valence-electron chi connectivity index (χ3n) is 4.27. The Bertz CT molecular complexity index is 621. The van der Waals surface area contributed by atoms with Gasteiger partial charge >= 0.3 is 12.3 Å². The monoisotopic (exact) mass is 373 g/mol. The molecule has 0 unspecified atom stereocenters. The molecule has 1 aromatic rings. The molecule has 1 fully saturated rings. The van der Waals surface area contributed by atoms with Gasteiger partial charge in [0.05, 0.1) is 0 Å². The lowest BCUT2D eigenvalue weighted by atomic mass is 9.96. The van der Waals surface area contributed by atoms with Gasteiger partial charge in [0.25, 0.3) is 0 Å². The molecule has 0 bridgehead atoms. The first kappa shape index (κ1) is 20.3. The number of aromatic nitrogens is 1. The molecule has 0 aromatic carbocycles. The van der Waals surface area contributed by atoms with Crippen molar-refractivity contribution in [2.75, 3.05) is 31.6 Å². The summed E-state index contributed by atoms with van der Waals surface area (Å²) in [5.41, 5.74) is -0.922. The normalized spacial score (nSPS) is 16.5. The third-order valence-corrected chi connectivity index (χ3v) is 4.27. The van der Waals surface area contributed by atoms with Crippen LogP contribution in [-0.2, 0) is 10.9 Å². The smallest absolute Gasteiger partial charge is 0.433 e. The summed E-state index contributed by atoms with van der Waals surface area (Å²) in [7, 11) is 1.77. The van der Waals surface area contributed by atoms with Gasteiger partial charge in [0, 0.05) is 38.6 Å². The minimum absolute atomic E-state index is 0.307. The van der Waals surface area contributed by atoms with Crippen molar-refractivity contribution in [3.8, 4) is 0 Å². The molecule has 146 valence electrons. The topological polar surface area (TPSA) is 45.7 Å². The summed E-state index contributed by atoms with van der Waals surface area (Å²) >= 11 is 0. The zero-order chi connectivity index (χ0) is 19.5. The van der Waals surface area contributed by atoms with Gasteiger partial charge in [0.2, 0.25) is 0 Å². The van der Waals surface area contributed by atoms with Crippen molar-refractivity contribution in [1.82, 2.24) is 9.88 Å². The Labute approximate surface area is 152 Å². The molecule has 8 heteroatoms. The standard InChI is InChI=1S/C18H26F3N3O2/c1-17(2,3)26-16(25)24-9-6-13(7-10-24)12-23(4)14-5-8-22-15(11-14)18(19,20)21/h5,8,11,13H,6-7,9-10,12H2,1-4H3. The van der Waals surface area contributed by atoms with Crippen molar-refractivity contribution < 1.29 is 22.7 Å². The maximum Gasteiger partial charge on any atom is 0.433 e. The highest BCUT2D eigenvalue weighted by atomic mass is 19.4. The van der Waals surface area contributed by atoms with Crippen LogP contribution in [0.4, 0.5) is 23.7 Å². The lowest BCUT2D eigenvalue weighted by Crippen LogP contribution is -2.43. The summed E-state index contributed by atoms with van der Waals surface area (Å²) in [6.45, 7) is 7.31. The zero-order valence-corrected chi connectivity index (χ0v) is 15.6. The van der Waals surface area contributed by atoms with Gasteiger partial charge in [-0.1, -0.05) is 0 Å². The van der Waals surface area contributed by atoms with Gasteiger partial charge in [0.15, 0.2) is 0 Å². The Hall–Kier alpha value is -1.99. The molecular weight excluding hydrogens is 347 g/mol. The van der Waals surface area contributed by atoms with Gasteiger partial charge in [-0.25, -0.2) is 4.79 Å². The van der Waals surface area contributed by atoms with Gasteiger partial charge in [-0.15, -0.1) is 0 Å². The maximum atomic E-state index is 12.8. The largest absolute Gasteiger partial charge is 0.444 e. The molecule has 1 saturated heterocycles. The van der Waals surface area contributed by atoms with E-state index in [0.29, 0.717) is 31.2 Å². The molecular formula is C18H26F3N3O2. The first-order valence-corrected chi connectivity index (χ1v) is 8.68. The molecule has 0 saturated carbocycles. The number of carbonyl (C=O) groups excluding carboxylic acids is 1. The van der Waals surface area contributed by atoms with Crippen molar-refractivity contribution >= 4 is 11.8 Å². The molecule has 2 rings (SSSR count). The van der Waals surface area contributed by atoms with Gasteiger partial charge in [-0.05, 0) is 51.7 Å². The Morgan fingerprint density at radius 3 is 2.46 bits per heavy atom. The lowest BCUT2D eigenvalue weighted by Gasteiger charge is -2.35. The van der Waals surface area contributed by atoms with Crippen LogP contribution < -0.4 is 4.90 Å². The van der Waals surface area contributed by atoms with Crippen molar-refractivity contribution in [3.05, 3.63) is 24.0 Å². The average Bonchev–Trinajstić information content (AvgIpc) is 2.53. The van der Waals surface area contributed by atoms with Crippen LogP contribution in [0.2, 0.25) is 0 Å². The molecule has 1 aromatic heterocycles. The van der Waals surface area contributed by atoms with E-state index in [4.69, 9.17) is 4.74 Å². The second kappa shape index (κ2) is 7.72. The number of rotatable bonds is 3. The van der Waals surface area contributed by atoms with Gasteiger partial charge in [-0.2, -0.15) is 13.2 Å². The predicted molar refractivity (Wildman–Crippen MR) is 93.0 cm³/mol. The number of pyridine rings is 1. The zero-order valence-electron chi connectivity index (χ0n) is 15.6. The van der Waals surface area contributed by atoms with E-state index in [2.05, 4.69) is 4.98 Å². The number of hydrogen-bond donors (Lipinski definition) is 0. The number of carbonyl (C=O) groups is 1. The highest BCUT2D eigenvalue weighted by molar-refractivity contribution is 5.68. The van der Waals surface area contributed by atoms with E-state index in [1.54, 1.807) is 18.0 Å². The number of alkyl halides is 3. The molecule has 0 spiro atoms. The molecule has 2 heterocycles. The highest BCUT2D eigenvalue weighted by Crippen LogP contribution is 2.30. The van der Waals surface area contributed by atoms with E-state index in [1.165, 1.54) is 6.20 Å². The van der Waals surface area contributed by atoms with Crippen molar-refractivity contribution in [2.24, 2.45) is 5.92 Å². The van der Waals surface area contributed by atoms with Crippen LogP contribution in [-0.4, -0.2) is 48.3 Å². The summed E-state index contributed by atoms with van der Waals surface area (Å²) < 4.78 is 43.8. The van der Waals surface area contributed by atoms with Gasteiger partial charge in [-0.3, -0.25) is 4.98 Å². The van der Waals surface area contributed by atoms with Crippen LogP contribution in [0.3, 0.4) is 0 Å². The number of piperidine rings is 1. The minimum Gasteiger partial charge on any atom is -0.444 e. The number of hydrogen-bond acceptors (Lipinski definition) is 4. The Morgan fingerprint density at radius 1 is 1.31 bits per heavy atom. The summed E-state index contributed by atoms with van der Waals surface area (Å²) in [6.07, 6.45) is -2.00. The summed E-state index contributed by atoms with van der Waals surface area (Å²) in [5.74, 6) is 0.307. The van der Waals surface area contributed by atoms with E-state index in [0.717, 1.165) is 18.9 Å². The molecule has 1 aliphatic rings.